The average Bonchev–Trinajstić information content (AvgIpc) is 2.44. The molecular formula is C15H13BrClNO2. The number of benzene rings is 2. The van der Waals surface area contributed by atoms with Gasteiger partial charge in [0.25, 0.3) is 0 Å². The van der Waals surface area contributed by atoms with Crippen LogP contribution in [-0.2, 0) is 4.79 Å². The summed E-state index contributed by atoms with van der Waals surface area (Å²) in [4.78, 5) is 11.4. The van der Waals surface area contributed by atoms with E-state index in [1.165, 1.54) is 0 Å². The first-order chi connectivity index (χ1) is 9.58. The van der Waals surface area contributed by atoms with Crippen molar-refractivity contribution in [2.75, 3.05) is 11.9 Å². The summed E-state index contributed by atoms with van der Waals surface area (Å²) in [5.74, 6) is -1.45. The number of carbonyl (C=O) groups is 1. The normalized spacial score (nSPS) is 11.9. The minimum atomic E-state index is -0.855. The lowest BCUT2D eigenvalue weighted by molar-refractivity contribution is -0.138. The van der Waals surface area contributed by atoms with Gasteiger partial charge in [0.2, 0.25) is 0 Å². The minimum absolute atomic E-state index is 0.303. The Hall–Kier alpha value is -1.52. The maximum absolute atomic E-state index is 11.4. The van der Waals surface area contributed by atoms with Crippen LogP contribution < -0.4 is 5.32 Å². The van der Waals surface area contributed by atoms with Gasteiger partial charge < -0.3 is 10.4 Å². The Kier molecular flexibility index (Phi) is 5.04. The highest BCUT2D eigenvalue weighted by Gasteiger charge is 2.19. The molecule has 0 spiro atoms. The fourth-order valence-corrected chi connectivity index (χ4v) is 2.29. The van der Waals surface area contributed by atoms with Crippen molar-refractivity contribution in [2.24, 2.45) is 0 Å². The van der Waals surface area contributed by atoms with Crippen molar-refractivity contribution in [1.82, 2.24) is 0 Å². The van der Waals surface area contributed by atoms with Gasteiger partial charge in [-0.1, -0.05) is 41.9 Å². The maximum Gasteiger partial charge on any atom is 0.312 e. The van der Waals surface area contributed by atoms with Gasteiger partial charge in [0, 0.05) is 16.7 Å². The molecule has 104 valence electrons. The molecule has 0 heterocycles. The lowest BCUT2D eigenvalue weighted by Crippen LogP contribution is -2.20. The molecule has 1 unspecified atom stereocenters. The zero-order valence-corrected chi connectivity index (χ0v) is 12.9. The van der Waals surface area contributed by atoms with Crippen LogP contribution in [-0.4, -0.2) is 17.6 Å². The fraction of sp³-hybridized carbons (Fsp3) is 0.133. The topological polar surface area (TPSA) is 49.3 Å². The molecule has 2 aromatic rings. The van der Waals surface area contributed by atoms with Gasteiger partial charge in [-0.3, -0.25) is 4.79 Å². The standard InChI is InChI=1S/C15H13BrClNO2/c16-13-7-6-11(8-14(13)17)18-9-12(15(19)20)10-4-2-1-3-5-10/h1-8,12,18H,9H2,(H,19,20). The third kappa shape index (κ3) is 3.74. The largest absolute Gasteiger partial charge is 0.481 e. The van der Waals surface area contributed by atoms with Crippen molar-refractivity contribution in [2.45, 2.75) is 5.92 Å². The summed E-state index contributed by atoms with van der Waals surface area (Å²) in [7, 11) is 0. The number of halogens is 2. The number of nitrogens with one attached hydrogen (secondary N) is 1. The van der Waals surface area contributed by atoms with Crippen molar-refractivity contribution >= 4 is 39.2 Å². The summed E-state index contributed by atoms with van der Waals surface area (Å²) >= 11 is 9.32. The summed E-state index contributed by atoms with van der Waals surface area (Å²) in [6.07, 6.45) is 0. The van der Waals surface area contributed by atoms with Crippen molar-refractivity contribution in [3.05, 3.63) is 63.6 Å². The summed E-state index contributed by atoms with van der Waals surface area (Å²) in [5.41, 5.74) is 1.57. The van der Waals surface area contributed by atoms with Crippen LogP contribution >= 0.6 is 27.5 Å². The van der Waals surface area contributed by atoms with Gasteiger partial charge in [0.15, 0.2) is 0 Å². The molecule has 20 heavy (non-hydrogen) atoms. The first kappa shape index (κ1) is 14.9. The number of anilines is 1. The van der Waals surface area contributed by atoms with Crippen LogP contribution in [0.5, 0.6) is 0 Å². The van der Waals surface area contributed by atoms with E-state index in [-0.39, 0.29) is 0 Å². The van der Waals surface area contributed by atoms with Gasteiger partial charge in [-0.05, 0) is 39.7 Å². The zero-order chi connectivity index (χ0) is 14.5. The molecule has 0 amide bonds. The molecule has 0 aromatic heterocycles. The Bertz CT molecular complexity index is 604. The molecule has 0 aliphatic carbocycles. The molecule has 0 saturated carbocycles. The number of hydrogen-bond donors (Lipinski definition) is 2. The minimum Gasteiger partial charge on any atom is -0.481 e. The van der Waals surface area contributed by atoms with Gasteiger partial charge in [-0.25, -0.2) is 0 Å². The fourth-order valence-electron chi connectivity index (χ4n) is 1.86. The summed E-state index contributed by atoms with van der Waals surface area (Å²) < 4.78 is 0.808. The van der Waals surface area contributed by atoms with E-state index >= 15 is 0 Å². The molecule has 0 radical (unpaired) electrons. The SMILES string of the molecule is O=C(O)C(CNc1ccc(Br)c(Cl)c1)c1ccccc1. The number of carboxylic acids is 1. The second-order valence-electron chi connectivity index (χ2n) is 4.31. The zero-order valence-electron chi connectivity index (χ0n) is 10.5. The van der Waals surface area contributed by atoms with Crippen molar-refractivity contribution < 1.29 is 9.90 Å². The van der Waals surface area contributed by atoms with Crippen LogP contribution in [0.1, 0.15) is 11.5 Å². The Morgan fingerprint density at radius 1 is 1.25 bits per heavy atom. The molecule has 5 heteroatoms. The molecule has 2 aromatic carbocycles. The molecule has 0 fully saturated rings. The van der Waals surface area contributed by atoms with E-state index in [4.69, 9.17) is 11.6 Å². The first-order valence-electron chi connectivity index (χ1n) is 6.04. The lowest BCUT2D eigenvalue weighted by Gasteiger charge is -2.15. The summed E-state index contributed by atoms with van der Waals surface area (Å²) in [6, 6.07) is 14.6. The monoisotopic (exact) mass is 353 g/mol. The van der Waals surface area contributed by atoms with Gasteiger partial charge in [0.05, 0.1) is 10.9 Å². The number of carboxylic acid groups (broad SMARTS) is 1. The third-order valence-electron chi connectivity index (χ3n) is 2.93. The number of aliphatic carboxylic acids is 1. The van der Waals surface area contributed by atoms with Crippen molar-refractivity contribution in [1.29, 1.82) is 0 Å². The molecule has 0 aliphatic rings. The summed E-state index contributed by atoms with van der Waals surface area (Å²) in [6.45, 7) is 0.303. The van der Waals surface area contributed by atoms with E-state index in [0.29, 0.717) is 11.6 Å². The van der Waals surface area contributed by atoms with Crippen molar-refractivity contribution in [3.63, 3.8) is 0 Å². The van der Waals surface area contributed by atoms with E-state index in [1.807, 2.05) is 42.5 Å². The second kappa shape index (κ2) is 6.77. The van der Waals surface area contributed by atoms with Gasteiger partial charge in [-0.2, -0.15) is 0 Å². The van der Waals surface area contributed by atoms with E-state index in [9.17, 15) is 9.90 Å². The van der Waals surface area contributed by atoms with E-state index in [1.54, 1.807) is 6.07 Å². The van der Waals surface area contributed by atoms with E-state index in [2.05, 4.69) is 21.2 Å². The second-order valence-corrected chi connectivity index (χ2v) is 5.57. The first-order valence-corrected chi connectivity index (χ1v) is 7.21. The van der Waals surface area contributed by atoms with Gasteiger partial charge in [-0.15, -0.1) is 0 Å². The molecule has 0 aliphatic heterocycles. The molecular weight excluding hydrogens is 342 g/mol. The quantitative estimate of drug-likeness (QED) is 0.837. The van der Waals surface area contributed by atoms with E-state index in [0.717, 1.165) is 15.7 Å². The van der Waals surface area contributed by atoms with Crippen molar-refractivity contribution in [3.8, 4) is 0 Å². The highest BCUT2D eigenvalue weighted by atomic mass is 79.9. The lowest BCUT2D eigenvalue weighted by atomic mass is 9.99. The average molecular weight is 355 g/mol. The molecule has 2 rings (SSSR count). The van der Waals surface area contributed by atoms with E-state index < -0.39 is 11.9 Å². The Labute approximate surface area is 130 Å². The highest BCUT2D eigenvalue weighted by Crippen LogP contribution is 2.26. The van der Waals surface area contributed by atoms with Crippen LogP contribution in [0.15, 0.2) is 53.0 Å². The van der Waals surface area contributed by atoms with Crippen LogP contribution in [0.2, 0.25) is 5.02 Å². The third-order valence-corrected chi connectivity index (χ3v) is 4.16. The Morgan fingerprint density at radius 3 is 2.55 bits per heavy atom. The molecule has 0 saturated heterocycles. The van der Waals surface area contributed by atoms with Crippen LogP contribution in [0, 0.1) is 0 Å². The summed E-state index contributed by atoms with van der Waals surface area (Å²) in [5, 5.41) is 13.0. The molecule has 2 N–H and O–H groups in total. The predicted octanol–water partition coefficient (Wildman–Crippen LogP) is 4.38. The Morgan fingerprint density at radius 2 is 1.95 bits per heavy atom. The maximum atomic E-state index is 11.4. The molecule has 0 bridgehead atoms. The van der Waals surface area contributed by atoms with Crippen LogP contribution in [0.4, 0.5) is 5.69 Å². The molecule has 3 nitrogen and oxygen atoms in total. The smallest absolute Gasteiger partial charge is 0.312 e. The van der Waals surface area contributed by atoms with Gasteiger partial charge >= 0.3 is 5.97 Å². The van der Waals surface area contributed by atoms with Crippen LogP contribution in [0.25, 0.3) is 0 Å². The highest BCUT2D eigenvalue weighted by molar-refractivity contribution is 9.10. The van der Waals surface area contributed by atoms with Gasteiger partial charge in [0.1, 0.15) is 0 Å². The van der Waals surface area contributed by atoms with Crippen LogP contribution in [0.3, 0.4) is 0 Å². The number of rotatable bonds is 5. The number of hydrogen-bond acceptors (Lipinski definition) is 2. The predicted molar refractivity (Wildman–Crippen MR) is 84.5 cm³/mol. The molecule has 1 atom stereocenters. The Balaban J connectivity index is 2.10.